The van der Waals surface area contributed by atoms with Gasteiger partial charge in [-0.1, -0.05) is 32.9 Å². The third-order valence-electron chi connectivity index (χ3n) is 6.62. The second-order valence-electron chi connectivity index (χ2n) is 10.3. The largest absolute Gasteiger partial charge is 0.494 e. The smallest absolute Gasteiger partial charge is 0.411 e. The number of hydrogen-bond donors (Lipinski definition) is 1. The third-order valence-corrected chi connectivity index (χ3v) is 11.1. The second-order valence-corrected chi connectivity index (χ2v) is 15.1. The summed E-state index contributed by atoms with van der Waals surface area (Å²) >= 11 is 0. The molecule has 0 bridgehead atoms. The van der Waals surface area contributed by atoms with Crippen LogP contribution in [0.2, 0.25) is 18.1 Å². The molecule has 1 N–H and O–H groups in total. The van der Waals surface area contributed by atoms with Gasteiger partial charge < -0.3 is 18.7 Å². The Morgan fingerprint density at radius 2 is 1.63 bits per heavy atom. The quantitative estimate of drug-likeness (QED) is 0.752. The molecule has 0 spiro atoms. The number of hydrogen-bond acceptors (Lipinski definition) is 3. The summed E-state index contributed by atoms with van der Waals surface area (Å²) in [7, 11) is -2.10. The third kappa shape index (κ3) is 3.90. The van der Waals surface area contributed by atoms with Gasteiger partial charge in [-0.15, -0.1) is 0 Å². The molecule has 0 radical (unpaired) electrons. The van der Waals surface area contributed by atoms with Gasteiger partial charge in [0.15, 0.2) is 8.32 Å². The van der Waals surface area contributed by atoms with Gasteiger partial charge in [-0.25, -0.2) is 0 Å². The van der Waals surface area contributed by atoms with Crippen molar-refractivity contribution in [2.24, 2.45) is 0 Å². The van der Waals surface area contributed by atoms with E-state index in [1.807, 2.05) is 0 Å². The monoisotopic (exact) mass is 387 g/mol. The molecule has 1 aliphatic heterocycles. The van der Waals surface area contributed by atoms with Crippen LogP contribution in [0.3, 0.4) is 0 Å². The lowest BCUT2D eigenvalue weighted by Gasteiger charge is -2.36. The van der Waals surface area contributed by atoms with Crippen LogP contribution >= 0.6 is 0 Å². The predicted molar refractivity (Wildman–Crippen MR) is 116 cm³/mol. The minimum atomic E-state index is -1.76. The normalized spacial score (nSPS) is 19.8. The van der Waals surface area contributed by atoms with Gasteiger partial charge >= 0.3 is 7.12 Å². The molecule has 4 nitrogen and oxygen atoms in total. The van der Waals surface area contributed by atoms with E-state index >= 15 is 0 Å². The average Bonchev–Trinajstić information content (AvgIpc) is 3.01. The van der Waals surface area contributed by atoms with Crippen LogP contribution in [-0.4, -0.2) is 31.6 Å². The maximum Gasteiger partial charge on any atom is 0.494 e. The molecule has 0 atom stereocenters. The summed E-state index contributed by atoms with van der Waals surface area (Å²) in [6.07, 6.45) is 0. The molecule has 6 heteroatoms. The standard InChI is InChI=1S/C21H34BNO3Si/c1-19(2,3)27(8,9)24-14-17-12-15-10-11-16(13-18(15)23-17)22-25-20(4,5)21(6,7)26-22/h10-13,23H,14H2,1-9H3. The van der Waals surface area contributed by atoms with Crippen LogP contribution in [0, 0.1) is 0 Å². The number of benzene rings is 1. The van der Waals surface area contributed by atoms with Crippen molar-refractivity contribution >= 4 is 31.8 Å². The van der Waals surface area contributed by atoms with Gasteiger partial charge in [-0.3, -0.25) is 0 Å². The van der Waals surface area contributed by atoms with Gasteiger partial charge in [0.1, 0.15) is 0 Å². The van der Waals surface area contributed by atoms with Gasteiger partial charge in [0.25, 0.3) is 0 Å². The van der Waals surface area contributed by atoms with Crippen LogP contribution in [-0.2, 0) is 20.3 Å². The van der Waals surface area contributed by atoms with E-state index in [-0.39, 0.29) is 23.4 Å². The zero-order valence-corrected chi connectivity index (χ0v) is 19.3. The molecule has 3 rings (SSSR count). The Kier molecular flexibility index (Phi) is 4.95. The summed E-state index contributed by atoms with van der Waals surface area (Å²) in [4.78, 5) is 3.51. The van der Waals surface area contributed by atoms with E-state index in [1.165, 1.54) is 5.39 Å². The Morgan fingerprint density at radius 3 is 2.19 bits per heavy atom. The van der Waals surface area contributed by atoms with Gasteiger partial charge in [-0.2, -0.15) is 0 Å². The van der Waals surface area contributed by atoms with Crippen LogP contribution in [0.25, 0.3) is 10.9 Å². The molecule has 1 aliphatic rings. The molecule has 2 heterocycles. The number of H-pyrrole nitrogens is 1. The molecule has 1 fully saturated rings. The number of rotatable bonds is 4. The van der Waals surface area contributed by atoms with Crippen LogP contribution in [0.4, 0.5) is 0 Å². The van der Waals surface area contributed by atoms with Gasteiger partial charge in [0.2, 0.25) is 0 Å². The minimum Gasteiger partial charge on any atom is -0.411 e. The Morgan fingerprint density at radius 1 is 1.04 bits per heavy atom. The second kappa shape index (κ2) is 6.48. The van der Waals surface area contributed by atoms with E-state index in [4.69, 9.17) is 13.7 Å². The summed E-state index contributed by atoms with van der Waals surface area (Å²) < 4.78 is 18.7. The van der Waals surface area contributed by atoms with Crippen molar-refractivity contribution in [3.63, 3.8) is 0 Å². The molecule has 1 aromatic heterocycles. The molecular weight excluding hydrogens is 353 g/mol. The molecular formula is C21H34BNO3Si. The van der Waals surface area contributed by atoms with Crippen molar-refractivity contribution in [1.29, 1.82) is 0 Å². The Bertz CT molecular complexity index is 820. The summed E-state index contributed by atoms with van der Waals surface area (Å²) in [5, 5.41) is 1.40. The number of aromatic nitrogens is 1. The first kappa shape index (κ1) is 20.7. The minimum absolute atomic E-state index is 0.211. The fourth-order valence-electron chi connectivity index (χ4n) is 2.88. The maximum atomic E-state index is 6.35. The Balaban J connectivity index is 1.78. The number of fused-ring (bicyclic) bond motifs is 1. The average molecular weight is 387 g/mol. The fourth-order valence-corrected chi connectivity index (χ4v) is 3.83. The molecule has 0 unspecified atom stereocenters. The number of aromatic amines is 1. The first-order chi connectivity index (χ1) is 12.2. The van der Waals surface area contributed by atoms with Crippen molar-refractivity contribution < 1.29 is 13.7 Å². The summed E-state index contributed by atoms with van der Waals surface area (Å²) in [5.74, 6) is 0. The lowest BCUT2D eigenvalue weighted by molar-refractivity contribution is 0.00578. The molecule has 0 aliphatic carbocycles. The lowest BCUT2D eigenvalue weighted by Crippen LogP contribution is -2.41. The summed E-state index contributed by atoms with van der Waals surface area (Å²) in [5.41, 5.74) is 2.59. The van der Waals surface area contributed by atoms with Crippen molar-refractivity contribution in [2.75, 3.05) is 0 Å². The van der Waals surface area contributed by atoms with Gasteiger partial charge in [0.05, 0.1) is 17.8 Å². The van der Waals surface area contributed by atoms with Crippen molar-refractivity contribution in [2.45, 2.75) is 84.4 Å². The van der Waals surface area contributed by atoms with Crippen molar-refractivity contribution in [1.82, 2.24) is 4.98 Å². The van der Waals surface area contributed by atoms with E-state index in [9.17, 15) is 0 Å². The van der Waals surface area contributed by atoms with Crippen molar-refractivity contribution in [3.8, 4) is 0 Å². The van der Waals surface area contributed by atoms with Crippen LogP contribution in [0.15, 0.2) is 24.3 Å². The summed E-state index contributed by atoms with van der Waals surface area (Å²) in [6.45, 7) is 20.3. The van der Waals surface area contributed by atoms with Crippen LogP contribution < -0.4 is 5.46 Å². The molecule has 0 amide bonds. The first-order valence-electron chi connectivity index (χ1n) is 9.83. The van der Waals surface area contributed by atoms with E-state index in [2.05, 4.69) is 90.8 Å². The SMILES string of the molecule is CC1(C)OB(c2ccc3cc(CO[Si](C)(C)C(C)(C)C)[nH]c3c2)OC1(C)C. The van der Waals surface area contributed by atoms with Gasteiger partial charge in [-0.05, 0) is 68.8 Å². The van der Waals surface area contributed by atoms with E-state index in [0.29, 0.717) is 6.61 Å². The van der Waals surface area contributed by atoms with Crippen LogP contribution in [0.1, 0.15) is 54.2 Å². The summed E-state index contributed by atoms with van der Waals surface area (Å²) in [6, 6.07) is 8.53. The predicted octanol–water partition coefficient (Wildman–Crippen LogP) is 4.99. The molecule has 2 aromatic rings. The highest BCUT2D eigenvalue weighted by Gasteiger charge is 2.51. The Hall–Kier alpha value is -1.08. The van der Waals surface area contributed by atoms with E-state index < -0.39 is 8.32 Å². The van der Waals surface area contributed by atoms with Crippen molar-refractivity contribution in [3.05, 3.63) is 30.0 Å². The maximum absolute atomic E-state index is 6.35. The van der Waals surface area contributed by atoms with E-state index in [0.717, 1.165) is 16.7 Å². The highest BCUT2D eigenvalue weighted by Crippen LogP contribution is 2.38. The lowest BCUT2D eigenvalue weighted by atomic mass is 9.79. The number of nitrogens with one attached hydrogen (secondary N) is 1. The molecule has 1 saturated heterocycles. The highest BCUT2D eigenvalue weighted by molar-refractivity contribution is 6.74. The molecule has 27 heavy (non-hydrogen) atoms. The molecule has 0 saturated carbocycles. The van der Waals surface area contributed by atoms with E-state index in [1.54, 1.807) is 0 Å². The Labute approximate surface area is 165 Å². The fraction of sp³-hybridized carbons (Fsp3) is 0.619. The molecule has 148 valence electrons. The topological polar surface area (TPSA) is 43.5 Å². The van der Waals surface area contributed by atoms with Crippen LogP contribution in [0.5, 0.6) is 0 Å². The molecule has 1 aromatic carbocycles. The zero-order valence-electron chi connectivity index (χ0n) is 18.3. The highest BCUT2D eigenvalue weighted by atomic mass is 28.4. The van der Waals surface area contributed by atoms with Gasteiger partial charge in [0, 0.05) is 11.2 Å². The first-order valence-corrected chi connectivity index (χ1v) is 12.7. The zero-order chi connectivity index (χ0) is 20.3.